The summed E-state index contributed by atoms with van der Waals surface area (Å²) in [6, 6.07) is 4.85. The standard InChI is InChI=1S/C13H16O3.Na/c1-2-3-4-5-11-8-10(9-13(15)16)6-7-12(11)14;/h2-3,6-8,14H,4-5,9H2,1H3,(H,15,16);/q;+1/p-1/b3-2+;. The van der Waals surface area contributed by atoms with Gasteiger partial charge < -0.3 is 15.0 Å². The number of aryl methyl sites for hydroxylation is 1. The van der Waals surface area contributed by atoms with Crippen LogP contribution in [0.3, 0.4) is 0 Å². The molecule has 1 N–H and O–H groups in total. The number of rotatable bonds is 5. The van der Waals surface area contributed by atoms with E-state index in [-0.39, 0.29) is 41.7 Å². The van der Waals surface area contributed by atoms with Crippen molar-refractivity contribution in [3.63, 3.8) is 0 Å². The Balaban J connectivity index is 0.00000256. The van der Waals surface area contributed by atoms with E-state index < -0.39 is 5.97 Å². The van der Waals surface area contributed by atoms with Crippen LogP contribution >= 0.6 is 0 Å². The van der Waals surface area contributed by atoms with Crippen molar-refractivity contribution in [3.8, 4) is 5.75 Å². The van der Waals surface area contributed by atoms with Crippen LogP contribution in [0, 0.1) is 0 Å². The van der Waals surface area contributed by atoms with E-state index in [1.807, 2.05) is 19.1 Å². The van der Waals surface area contributed by atoms with Gasteiger partial charge in [0.25, 0.3) is 0 Å². The summed E-state index contributed by atoms with van der Waals surface area (Å²) < 4.78 is 0. The number of allylic oxidation sites excluding steroid dienone is 2. The molecule has 86 valence electrons. The molecular weight excluding hydrogens is 227 g/mol. The van der Waals surface area contributed by atoms with Gasteiger partial charge in [0.05, 0.1) is 0 Å². The number of carbonyl (C=O) groups is 1. The fourth-order valence-electron chi connectivity index (χ4n) is 1.52. The maximum absolute atomic E-state index is 10.4. The molecule has 17 heavy (non-hydrogen) atoms. The summed E-state index contributed by atoms with van der Waals surface area (Å²) in [5.74, 6) is -0.892. The first-order valence-electron chi connectivity index (χ1n) is 5.25. The number of carboxylic acids is 1. The summed E-state index contributed by atoms with van der Waals surface area (Å²) in [7, 11) is 0. The third-order valence-corrected chi connectivity index (χ3v) is 2.31. The van der Waals surface area contributed by atoms with Crippen LogP contribution in [-0.2, 0) is 17.6 Å². The van der Waals surface area contributed by atoms with Crippen LogP contribution in [0.5, 0.6) is 5.75 Å². The molecule has 4 heteroatoms. The number of hydrogen-bond acceptors (Lipinski definition) is 3. The van der Waals surface area contributed by atoms with Gasteiger partial charge in [0, 0.05) is 12.4 Å². The van der Waals surface area contributed by atoms with Crippen molar-refractivity contribution in [2.24, 2.45) is 0 Å². The molecule has 0 saturated carbocycles. The fraction of sp³-hybridized carbons (Fsp3) is 0.308. The largest absolute Gasteiger partial charge is 1.00 e. The van der Waals surface area contributed by atoms with Crippen LogP contribution in [-0.4, -0.2) is 11.1 Å². The van der Waals surface area contributed by atoms with E-state index in [2.05, 4.69) is 0 Å². The first kappa shape index (κ1) is 16.2. The normalized spacial score (nSPS) is 10.2. The number of benzene rings is 1. The molecule has 1 aromatic rings. The number of carbonyl (C=O) groups excluding carboxylic acids is 1. The van der Waals surface area contributed by atoms with E-state index in [0.717, 1.165) is 12.0 Å². The first-order valence-corrected chi connectivity index (χ1v) is 5.25. The molecule has 0 heterocycles. The van der Waals surface area contributed by atoms with Gasteiger partial charge in [0.2, 0.25) is 0 Å². The van der Waals surface area contributed by atoms with Gasteiger partial charge in [-0.25, -0.2) is 0 Å². The Kier molecular flexibility index (Phi) is 7.96. The molecule has 0 radical (unpaired) electrons. The summed E-state index contributed by atoms with van der Waals surface area (Å²) in [6.07, 6.45) is 5.37. The molecule has 0 fully saturated rings. The zero-order valence-electron chi connectivity index (χ0n) is 10.3. The molecule has 0 amide bonds. The predicted molar refractivity (Wildman–Crippen MR) is 60.0 cm³/mol. The zero-order valence-corrected chi connectivity index (χ0v) is 12.3. The number of carboxylic acid groups (broad SMARTS) is 1. The maximum atomic E-state index is 10.4. The molecule has 1 aromatic carbocycles. The van der Waals surface area contributed by atoms with Crippen molar-refractivity contribution in [1.82, 2.24) is 0 Å². The van der Waals surface area contributed by atoms with Crippen LogP contribution in [0.1, 0.15) is 24.5 Å². The van der Waals surface area contributed by atoms with Crippen LogP contribution in [0.2, 0.25) is 0 Å². The molecule has 0 aliphatic rings. The van der Waals surface area contributed by atoms with E-state index >= 15 is 0 Å². The average molecular weight is 242 g/mol. The van der Waals surface area contributed by atoms with Crippen LogP contribution in [0.25, 0.3) is 0 Å². The summed E-state index contributed by atoms with van der Waals surface area (Å²) in [6.45, 7) is 1.94. The summed E-state index contributed by atoms with van der Waals surface area (Å²) in [5, 5.41) is 20.0. The molecule has 0 aliphatic carbocycles. The molecule has 3 nitrogen and oxygen atoms in total. The molecule has 0 aliphatic heterocycles. The molecule has 0 saturated heterocycles. The summed E-state index contributed by atoms with van der Waals surface area (Å²) in [5.41, 5.74) is 1.44. The topological polar surface area (TPSA) is 60.4 Å². The molecule has 0 bridgehead atoms. The maximum Gasteiger partial charge on any atom is 1.00 e. The van der Waals surface area contributed by atoms with E-state index in [9.17, 15) is 15.0 Å². The summed E-state index contributed by atoms with van der Waals surface area (Å²) in [4.78, 5) is 10.4. The molecular formula is C13H15NaO3. The number of aliphatic carboxylic acids is 1. The Bertz CT molecular complexity index is 400. The van der Waals surface area contributed by atoms with Crippen molar-refractivity contribution in [3.05, 3.63) is 41.5 Å². The third kappa shape index (κ3) is 5.91. The Morgan fingerprint density at radius 3 is 2.76 bits per heavy atom. The third-order valence-electron chi connectivity index (χ3n) is 2.31. The van der Waals surface area contributed by atoms with Crippen LogP contribution in [0.15, 0.2) is 30.4 Å². The number of phenols is 1. The molecule has 0 aromatic heterocycles. The second kappa shape index (κ2) is 8.34. The number of hydrogen-bond donors (Lipinski definition) is 1. The van der Waals surface area contributed by atoms with Gasteiger partial charge in [-0.15, -0.1) is 0 Å². The number of phenolic OH excluding ortho intramolecular Hbond substituents is 1. The Labute approximate surface area is 123 Å². The van der Waals surface area contributed by atoms with Crippen LogP contribution < -0.4 is 34.7 Å². The first-order chi connectivity index (χ1) is 7.63. The van der Waals surface area contributed by atoms with E-state index in [0.29, 0.717) is 12.0 Å². The van der Waals surface area contributed by atoms with E-state index in [4.69, 9.17) is 0 Å². The second-order valence-electron chi connectivity index (χ2n) is 3.62. The minimum Gasteiger partial charge on any atom is -0.550 e. The monoisotopic (exact) mass is 242 g/mol. The van der Waals surface area contributed by atoms with Gasteiger partial charge in [-0.1, -0.05) is 24.3 Å². The molecule has 0 atom stereocenters. The van der Waals surface area contributed by atoms with Gasteiger partial charge in [-0.3, -0.25) is 0 Å². The van der Waals surface area contributed by atoms with Gasteiger partial charge in [-0.2, -0.15) is 0 Å². The van der Waals surface area contributed by atoms with Crippen molar-refractivity contribution in [2.75, 3.05) is 0 Å². The quantitative estimate of drug-likeness (QED) is 0.489. The Morgan fingerprint density at radius 2 is 2.18 bits per heavy atom. The van der Waals surface area contributed by atoms with Crippen molar-refractivity contribution in [2.45, 2.75) is 26.2 Å². The summed E-state index contributed by atoms with van der Waals surface area (Å²) >= 11 is 0. The van der Waals surface area contributed by atoms with Crippen LogP contribution in [0.4, 0.5) is 0 Å². The van der Waals surface area contributed by atoms with Crippen molar-refractivity contribution in [1.29, 1.82) is 0 Å². The average Bonchev–Trinajstić information content (AvgIpc) is 2.22. The van der Waals surface area contributed by atoms with Gasteiger partial charge >= 0.3 is 29.6 Å². The minimum absolute atomic E-state index is 0. The van der Waals surface area contributed by atoms with E-state index in [1.54, 1.807) is 12.1 Å². The number of aromatic hydroxyl groups is 1. The van der Waals surface area contributed by atoms with Crippen molar-refractivity contribution < 1.29 is 44.6 Å². The van der Waals surface area contributed by atoms with E-state index in [1.165, 1.54) is 6.07 Å². The van der Waals surface area contributed by atoms with Gasteiger partial charge in [0.1, 0.15) is 5.75 Å². The minimum atomic E-state index is -1.11. The Morgan fingerprint density at radius 1 is 1.47 bits per heavy atom. The zero-order chi connectivity index (χ0) is 12.0. The van der Waals surface area contributed by atoms with Gasteiger partial charge in [0.15, 0.2) is 0 Å². The van der Waals surface area contributed by atoms with Crippen molar-refractivity contribution >= 4 is 5.97 Å². The fourth-order valence-corrected chi connectivity index (χ4v) is 1.52. The Hall–Kier alpha value is -0.770. The smallest absolute Gasteiger partial charge is 0.550 e. The predicted octanol–water partition coefficient (Wildman–Crippen LogP) is -1.80. The second-order valence-corrected chi connectivity index (χ2v) is 3.62. The molecule has 0 unspecified atom stereocenters. The van der Waals surface area contributed by atoms with Gasteiger partial charge in [-0.05, 0) is 37.0 Å². The molecule has 0 spiro atoms. The molecule has 1 rings (SSSR count). The SMILES string of the molecule is C/C=C/CCc1cc(CC(=O)[O-])ccc1O.[Na+].